The van der Waals surface area contributed by atoms with Crippen LogP contribution < -0.4 is 11.5 Å². The predicted molar refractivity (Wildman–Crippen MR) is 130 cm³/mol. The van der Waals surface area contributed by atoms with E-state index in [-0.39, 0.29) is 18.7 Å². The van der Waals surface area contributed by atoms with Crippen LogP contribution in [0.1, 0.15) is 42.5 Å². The molecule has 1 aliphatic heterocycles. The van der Waals surface area contributed by atoms with Gasteiger partial charge in [0.15, 0.2) is 0 Å². The van der Waals surface area contributed by atoms with Crippen LogP contribution in [0.3, 0.4) is 0 Å². The number of benzene rings is 2. The largest absolute Gasteiger partial charge is 0.416 e. The lowest BCUT2D eigenvalue weighted by molar-refractivity contribution is -0.148. The molecule has 3 amide bonds. The van der Waals surface area contributed by atoms with E-state index >= 15 is 0 Å². The maximum Gasteiger partial charge on any atom is 0.416 e. The lowest BCUT2D eigenvalue weighted by Crippen LogP contribution is -2.49. The lowest BCUT2D eigenvalue weighted by atomic mass is 9.99. The molecule has 11 heteroatoms. The molecule has 1 aromatic heterocycles. The maximum absolute atomic E-state index is 13.8. The van der Waals surface area contributed by atoms with Crippen molar-refractivity contribution in [2.45, 2.75) is 44.6 Å². The number of nitrogens with zero attached hydrogens (tertiary/aromatic N) is 3. The Bertz CT molecular complexity index is 1340. The molecule has 2 heterocycles. The highest BCUT2D eigenvalue weighted by Crippen LogP contribution is 2.34. The van der Waals surface area contributed by atoms with Crippen LogP contribution in [0.2, 0.25) is 0 Å². The summed E-state index contributed by atoms with van der Waals surface area (Å²) in [6, 6.07) is 9.05. The highest BCUT2D eigenvalue weighted by Gasteiger charge is 2.40. The second kappa shape index (κ2) is 10.1. The third-order valence-corrected chi connectivity index (χ3v) is 6.58. The normalized spacial score (nSPS) is 16.5. The van der Waals surface area contributed by atoms with Crippen LogP contribution in [-0.4, -0.2) is 45.1 Å². The van der Waals surface area contributed by atoms with Crippen molar-refractivity contribution in [1.82, 2.24) is 14.8 Å². The number of nitrogen functional groups attached to an aromatic ring is 1. The number of primary amides is 1. The third kappa shape index (κ3) is 5.35. The molecule has 8 nitrogen and oxygen atoms in total. The van der Waals surface area contributed by atoms with Crippen LogP contribution in [0.4, 0.5) is 19.0 Å². The monoisotopic (exact) mass is 513 g/mol. The maximum atomic E-state index is 13.8. The molecule has 4 N–H and O–H groups in total. The number of pyridine rings is 1. The number of hydrogen-bond donors (Lipinski definition) is 2. The minimum Gasteiger partial charge on any atom is -0.383 e. The molecular formula is C26H26F3N5O3. The Morgan fingerprint density at radius 2 is 1.84 bits per heavy atom. The molecule has 0 radical (unpaired) electrons. The first-order valence-electron chi connectivity index (χ1n) is 11.6. The summed E-state index contributed by atoms with van der Waals surface area (Å²) in [6.45, 7) is 1.51. The number of anilines is 1. The number of aromatic nitrogens is 1. The fraction of sp³-hybridized carbons (Fsp3) is 0.308. The molecule has 1 fully saturated rings. The van der Waals surface area contributed by atoms with Crippen LogP contribution >= 0.6 is 0 Å². The summed E-state index contributed by atoms with van der Waals surface area (Å²) in [5, 5.41) is 1.50. The lowest BCUT2D eigenvalue weighted by Gasteiger charge is -2.35. The average Bonchev–Trinajstić information content (AvgIpc) is 3.34. The van der Waals surface area contributed by atoms with Gasteiger partial charge in [-0.05, 0) is 53.6 Å². The van der Waals surface area contributed by atoms with Crippen LogP contribution in [0.15, 0.2) is 54.7 Å². The van der Waals surface area contributed by atoms with E-state index in [4.69, 9.17) is 11.5 Å². The number of likely N-dealkylation sites (tertiary alicyclic amines) is 1. The van der Waals surface area contributed by atoms with Crippen molar-refractivity contribution in [3.8, 4) is 0 Å². The van der Waals surface area contributed by atoms with Crippen molar-refractivity contribution in [2.75, 3.05) is 12.3 Å². The Kier molecular flexibility index (Phi) is 7.06. The zero-order valence-electron chi connectivity index (χ0n) is 20.0. The molecule has 1 aliphatic rings. The SMILES string of the molecule is CC(=O)N(Cc1ccc2c(N)nccc2c1)C(C(=O)N1CCC[C@H]1C(N)=O)c1ccc(C(F)(F)F)cc1. The van der Waals surface area contributed by atoms with Gasteiger partial charge in [-0.1, -0.05) is 24.3 Å². The van der Waals surface area contributed by atoms with Gasteiger partial charge in [0.25, 0.3) is 5.91 Å². The first-order chi connectivity index (χ1) is 17.5. The van der Waals surface area contributed by atoms with Crippen LogP contribution in [0, 0.1) is 0 Å². The number of nitrogens with two attached hydrogens (primary N) is 2. The third-order valence-electron chi connectivity index (χ3n) is 6.58. The zero-order chi connectivity index (χ0) is 26.9. The van der Waals surface area contributed by atoms with Crippen molar-refractivity contribution in [3.05, 3.63) is 71.4 Å². The quantitative estimate of drug-likeness (QED) is 0.523. The number of rotatable bonds is 6. The number of hydrogen-bond acceptors (Lipinski definition) is 5. The molecule has 1 unspecified atom stereocenters. The smallest absolute Gasteiger partial charge is 0.383 e. The van der Waals surface area contributed by atoms with Crippen molar-refractivity contribution in [3.63, 3.8) is 0 Å². The van der Waals surface area contributed by atoms with E-state index in [2.05, 4.69) is 4.98 Å². The van der Waals surface area contributed by atoms with Gasteiger partial charge >= 0.3 is 6.18 Å². The molecule has 37 heavy (non-hydrogen) atoms. The van der Waals surface area contributed by atoms with Gasteiger partial charge in [-0.3, -0.25) is 14.4 Å². The Labute approximate surface area is 211 Å². The van der Waals surface area contributed by atoms with Crippen molar-refractivity contribution in [2.24, 2.45) is 5.73 Å². The van der Waals surface area contributed by atoms with Gasteiger partial charge in [0.1, 0.15) is 17.9 Å². The van der Waals surface area contributed by atoms with Crippen LogP contribution in [-0.2, 0) is 27.1 Å². The van der Waals surface area contributed by atoms with Gasteiger partial charge in [-0.2, -0.15) is 13.2 Å². The zero-order valence-corrected chi connectivity index (χ0v) is 20.0. The summed E-state index contributed by atoms with van der Waals surface area (Å²) < 4.78 is 39.6. The summed E-state index contributed by atoms with van der Waals surface area (Å²) >= 11 is 0. The van der Waals surface area contributed by atoms with Gasteiger partial charge in [0.05, 0.1) is 5.56 Å². The molecule has 194 valence electrons. The minimum absolute atomic E-state index is 0.0139. The molecule has 2 atom stereocenters. The molecular weight excluding hydrogens is 487 g/mol. The summed E-state index contributed by atoms with van der Waals surface area (Å²) in [5.41, 5.74) is 11.4. The van der Waals surface area contributed by atoms with E-state index in [0.717, 1.165) is 22.9 Å². The summed E-state index contributed by atoms with van der Waals surface area (Å²) in [6.07, 6.45) is -2.09. The van der Waals surface area contributed by atoms with Crippen LogP contribution in [0.5, 0.6) is 0 Å². The van der Waals surface area contributed by atoms with Gasteiger partial charge in [0, 0.05) is 31.6 Å². The first-order valence-corrected chi connectivity index (χ1v) is 11.6. The van der Waals surface area contributed by atoms with E-state index in [1.807, 2.05) is 0 Å². The van der Waals surface area contributed by atoms with Gasteiger partial charge in [0.2, 0.25) is 11.8 Å². The Balaban J connectivity index is 1.76. The topological polar surface area (TPSA) is 123 Å². The second-order valence-corrected chi connectivity index (χ2v) is 9.01. The van der Waals surface area contributed by atoms with Crippen molar-refractivity contribution < 1.29 is 27.6 Å². The predicted octanol–water partition coefficient (Wildman–Crippen LogP) is 3.40. The fourth-order valence-electron chi connectivity index (χ4n) is 4.72. The molecule has 0 bridgehead atoms. The van der Waals surface area contributed by atoms with Crippen molar-refractivity contribution >= 4 is 34.3 Å². The first kappa shape index (κ1) is 25.9. The summed E-state index contributed by atoms with van der Waals surface area (Å²) in [5.74, 6) is -1.38. The molecule has 3 aromatic rings. The number of alkyl halides is 3. The van der Waals surface area contributed by atoms with E-state index in [0.29, 0.717) is 24.2 Å². The number of fused-ring (bicyclic) bond motifs is 1. The minimum atomic E-state index is -4.56. The van der Waals surface area contributed by atoms with Gasteiger partial charge < -0.3 is 21.3 Å². The molecule has 0 spiro atoms. The standard InChI is InChI=1S/C26H26F3N5O3/c1-15(35)34(14-16-4-9-20-18(13-16)10-11-32-23(20)30)22(17-5-7-19(8-6-17)26(27,28)29)25(37)33-12-2-3-21(33)24(31)36/h4-11,13,21-22H,2-3,12,14H2,1H3,(H2,30,32)(H2,31,36)/t21-,22?/m0/s1. The molecule has 1 saturated heterocycles. The van der Waals surface area contributed by atoms with E-state index < -0.39 is 41.5 Å². The highest BCUT2D eigenvalue weighted by molar-refractivity contribution is 5.93. The Morgan fingerprint density at radius 1 is 1.14 bits per heavy atom. The van der Waals surface area contributed by atoms with Gasteiger partial charge in [-0.25, -0.2) is 4.98 Å². The van der Waals surface area contributed by atoms with Crippen LogP contribution in [0.25, 0.3) is 10.8 Å². The second-order valence-electron chi connectivity index (χ2n) is 9.01. The Hall–Kier alpha value is -4.15. The summed E-state index contributed by atoms with van der Waals surface area (Å²) in [4.78, 5) is 45.3. The van der Waals surface area contributed by atoms with E-state index in [1.54, 1.807) is 30.5 Å². The number of carbonyl (C=O) groups is 3. The number of carbonyl (C=O) groups excluding carboxylic acids is 3. The molecule has 0 aliphatic carbocycles. The van der Waals surface area contributed by atoms with E-state index in [1.165, 1.54) is 28.9 Å². The fourth-order valence-corrected chi connectivity index (χ4v) is 4.72. The number of amides is 3. The van der Waals surface area contributed by atoms with Crippen molar-refractivity contribution in [1.29, 1.82) is 0 Å². The molecule has 4 rings (SSSR count). The van der Waals surface area contributed by atoms with Gasteiger partial charge in [-0.15, -0.1) is 0 Å². The number of halogens is 3. The Morgan fingerprint density at radius 3 is 2.46 bits per heavy atom. The highest BCUT2D eigenvalue weighted by atomic mass is 19.4. The average molecular weight is 514 g/mol. The summed E-state index contributed by atoms with van der Waals surface area (Å²) in [7, 11) is 0. The van der Waals surface area contributed by atoms with E-state index in [9.17, 15) is 27.6 Å². The molecule has 2 aromatic carbocycles. The molecule has 0 saturated carbocycles.